The summed E-state index contributed by atoms with van der Waals surface area (Å²) in [7, 11) is 0. The summed E-state index contributed by atoms with van der Waals surface area (Å²) in [5, 5.41) is 12.4. The number of nitriles is 1. The van der Waals surface area contributed by atoms with E-state index in [9.17, 15) is 0 Å². The molecule has 1 aliphatic rings. The monoisotopic (exact) mass is 256 g/mol. The molecule has 2 heteroatoms. The molecule has 19 heavy (non-hydrogen) atoms. The Balaban J connectivity index is 1.81. The second-order valence-corrected chi connectivity index (χ2v) is 5.73. The molecule has 0 aliphatic heterocycles. The molecule has 1 atom stereocenters. The Hall–Kier alpha value is -1.33. The first kappa shape index (κ1) is 14.1. The van der Waals surface area contributed by atoms with Gasteiger partial charge < -0.3 is 5.32 Å². The van der Waals surface area contributed by atoms with Crippen LogP contribution in [0.25, 0.3) is 0 Å². The van der Waals surface area contributed by atoms with E-state index in [0.29, 0.717) is 6.04 Å². The van der Waals surface area contributed by atoms with Crippen LogP contribution in [0.4, 0.5) is 0 Å². The highest BCUT2D eigenvalue weighted by Gasteiger charge is 2.18. The third-order valence-electron chi connectivity index (χ3n) is 4.32. The van der Waals surface area contributed by atoms with Crippen molar-refractivity contribution in [2.24, 2.45) is 5.92 Å². The van der Waals surface area contributed by atoms with E-state index in [4.69, 9.17) is 5.26 Å². The molecule has 1 aliphatic carbocycles. The Bertz CT molecular complexity index is 408. The topological polar surface area (TPSA) is 35.8 Å². The highest BCUT2D eigenvalue weighted by molar-refractivity contribution is 5.31. The molecule has 0 radical (unpaired) electrons. The van der Waals surface area contributed by atoms with Gasteiger partial charge in [-0.05, 0) is 43.4 Å². The largest absolute Gasteiger partial charge is 0.310 e. The van der Waals surface area contributed by atoms with E-state index >= 15 is 0 Å². The van der Waals surface area contributed by atoms with Gasteiger partial charge in [-0.15, -0.1) is 0 Å². The van der Waals surface area contributed by atoms with Crippen molar-refractivity contribution < 1.29 is 0 Å². The van der Waals surface area contributed by atoms with Crippen LogP contribution >= 0.6 is 0 Å². The van der Waals surface area contributed by atoms with Gasteiger partial charge in [-0.2, -0.15) is 5.26 Å². The fourth-order valence-electron chi connectivity index (χ4n) is 2.95. The lowest BCUT2D eigenvalue weighted by Crippen LogP contribution is -2.32. The van der Waals surface area contributed by atoms with E-state index in [2.05, 4.69) is 18.3 Å². The summed E-state index contributed by atoms with van der Waals surface area (Å²) < 4.78 is 0. The van der Waals surface area contributed by atoms with Gasteiger partial charge in [0, 0.05) is 12.6 Å². The number of nitrogens with one attached hydrogen (secondary N) is 1. The van der Waals surface area contributed by atoms with Crippen LogP contribution in [0.3, 0.4) is 0 Å². The molecular formula is C17H24N2. The van der Waals surface area contributed by atoms with Crippen molar-refractivity contribution in [2.45, 2.75) is 58.0 Å². The second kappa shape index (κ2) is 7.31. The van der Waals surface area contributed by atoms with E-state index < -0.39 is 0 Å². The second-order valence-electron chi connectivity index (χ2n) is 5.73. The van der Waals surface area contributed by atoms with Gasteiger partial charge in [0.1, 0.15) is 0 Å². The molecule has 0 amide bonds. The van der Waals surface area contributed by atoms with Gasteiger partial charge in [0.05, 0.1) is 11.6 Å². The Kier molecular flexibility index (Phi) is 5.42. The number of rotatable bonds is 4. The zero-order valence-electron chi connectivity index (χ0n) is 11.9. The van der Waals surface area contributed by atoms with Crippen LogP contribution in [0.1, 0.15) is 56.6 Å². The van der Waals surface area contributed by atoms with Crippen molar-refractivity contribution in [3.05, 3.63) is 35.4 Å². The molecule has 2 nitrogen and oxygen atoms in total. The summed E-state index contributed by atoms with van der Waals surface area (Å²) in [6, 6.07) is 10.6. The lowest BCUT2D eigenvalue weighted by atomic mass is 9.93. The molecule has 2 rings (SSSR count). The molecule has 0 saturated heterocycles. The van der Waals surface area contributed by atoms with Crippen LogP contribution in [0.2, 0.25) is 0 Å². The summed E-state index contributed by atoms with van der Waals surface area (Å²) in [6.07, 6.45) is 8.38. The minimum atomic E-state index is 0.591. The zero-order valence-corrected chi connectivity index (χ0v) is 11.9. The number of benzene rings is 1. The minimum absolute atomic E-state index is 0.591. The van der Waals surface area contributed by atoms with Crippen molar-refractivity contribution >= 4 is 0 Å². The quantitative estimate of drug-likeness (QED) is 0.826. The van der Waals surface area contributed by atoms with E-state index in [-0.39, 0.29) is 0 Å². The predicted molar refractivity (Wildman–Crippen MR) is 78.7 cm³/mol. The van der Waals surface area contributed by atoms with Crippen LogP contribution in [0, 0.1) is 17.2 Å². The summed E-state index contributed by atoms with van der Waals surface area (Å²) in [4.78, 5) is 0. The number of hydrogen-bond acceptors (Lipinski definition) is 2. The molecule has 1 saturated carbocycles. The van der Waals surface area contributed by atoms with Gasteiger partial charge in [-0.25, -0.2) is 0 Å². The third-order valence-corrected chi connectivity index (χ3v) is 4.32. The fourth-order valence-corrected chi connectivity index (χ4v) is 2.95. The van der Waals surface area contributed by atoms with Crippen LogP contribution in [-0.2, 0) is 6.54 Å². The SMILES string of the molecule is C[C@H](NCc1ccc(C#N)cc1)C1CCCCCC1. The normalized spacial score (nSPS) is 18.5. The highest BCUT2D eigenvalue weighted by Crippen LogP contribution is 2.25. The standard InChI is InChI=1S/C17H24N2/c1-14(17-6-4-2-3-5-7-17)19-13-16-10-8-15(12-18)9-11-16/h8-11,14,17,19H,2-7,13H2,1H3/t14-/m0/s1. The molecule has 1 aromatic rings. The summed E-state index contributed by atoms with van der Waals surface area (Å²) in [6.45, 7) is 3.23. The third kappa shape index (κ3) is 4.36. The minimum Gasteiger partial charge on any atom is -0.310 e. The molecule has 1 fully saturated rings. The average molecular weight is 256 g/mol. The van der Waals surface area contributed by atoms with E-state index in [1.165, 1.54) is 44.1 Å². The predicted octanol–water partition coefficient (Wildman–Crippen LogP) is 4.01. The van der Waals surface area contributed by atoms with E-state index in [0.717, 1.165) is 18.0 Å². The van der Waals surface area contributed by atoms with E-state index in [1.54, 1.807) is 0 Å². The summed E-state index contributed by atoms with van der Waals surface area (Å²) >= 11 is 0. The summed E-state index contributed by atoms with van der Waals surface area (Å²) in [5.74, 6) is 0.834. The maximum Gasteiger partial charge on any atom is 0.0991 e. The smallest absolute Gasteiger partial charge is 0.0991 e. The van der Waals surface area contributed by atoms with Gasteiger partial charge in [0.15, 0.2) is 0 Å². The van der Waals surface area contributed by atoms with Crippen molar-refractivity contribution in [3.8, 4) is 6.07 Å². The Morgan fingerprint density at radius 3 is 2.37 bits per heavy atom. The molecule has 1 N–H and O–H groups in total. The van der Waals surface area contributed by atoms with Gasteiger partial charge in [0.25, 0.3) is 0 Å². The van der Waals surface area contributed by atoms with Gasteiger partial charge in [-0.1, -0.05) is 37.8 Å². The molecule has 1 aromatic carbocycles. The molecule has 102 valence electrons. The van der Waals surface area contributed by atoms with E-state index in [1.807, 2.05) is 24.3 Å². The molecule has 0 aromatic heterocycles. The fraction of sp³-hybridized carbons (Fsp3) is 0.588. The Morgan fingerprint density at radius 2 is 1.79 bits per heavy atom. The van der Waals surface area contributed by atoms with Crippen molar-refractivity contribution in [1.29, 1.82) is 5.26 Å². The molecular weight excluding hydrogens is 232 g/mol. The summed E-state index contributed by atoms with van der Waals surface area (Å²) in [5.41, 5.74) is 2.00. The maximum atomic E-state index is 8.78. The van der Waals surface area contributed by atoms with Crippen molar-refractivity contribution in [1.82, 2.24) is 5.32 Å². The van der Waals surface area contributed by atoms with Crippen LogP contribution < -0.4 is 5.32 Å². The van der Waals surface area contributed by atoms with Crippen LogP contribution in [-0.4, -0.2) is 6.04 Å². The first-order chi connectivity index (χ1) is 9.29. The Morgan fingerprint density at radius 1 is 1.16 bits per heavy atom. The molecule has 0 unspecified atom stereocenters. The number of nitrogens with zero attached hydrogens (tertiary/aromatic N) is 1. The Labute approximate surface area is 116 Å². The van der Waals surface area contributed by atoms with Gasteiger partial charge in [-0.3, -0.25) is 0 Å². The van der Waals surface area contributed by atoms with Crippen molar-refractivity contribution in [3.63, 3.8) is 0 Å². The van der Waals surface area contributed by atoms with Crippen molar-refractivity contribution in [2.75, 3.05) is 0 Å². The van der Waals surface area contributed by atoms with Gasteiger partial charge >= 0.3 is 0 Å². The number of hydrogen-bond donors (Lipinski definition) is 1. The molecule has 0 spiro atoms. The lowest BCUT2D eigenvalue weighted by Gasteiger charge is -2.23. The molecule has 0 heterocycles. The first-order valence-electron chi connectivity index (χ1n) is 7.52. The highest BCUT2D eigenvalue weighted by atomic mass is 14.9. The molecule has 0 bridgehead atoms. The average Bonchev–Trinajstić information content (AvgIpc) is 2.74. The van der Waals surface area contributed by atoms with Crippen LogP contribution in [0.15, 0.2) is 24.3 Å². The lowest BCUT2D eigenvalue weighted by molar-refractivity contribution is 0.336. The van der Waals surface area contributed by atoms with Gasteiger partial charge in [0.2, 0.25) is 0 Å². The maximum absolute atomic E-state index is 8.78. The zero-order chi connectivity index (χ0) is 13.5. The first-order valence-corrected chi connectivity index (χ1v) is 7.52. The van der Waals surface area contributed by atoms with Crippen LogP contribution in [0.5, 0.6) is 0 Å².